The van der Waals surface area contributed by atoms with Gasteiger partial charge in [-0.05, 0) is 25.1 Å². The molecule has 0 aromatic heterocycles. The summed E-state index contributed by atoms with van der Waals surface area (Å²) in [6, 6.07) is 4.21. The van der Waals surface area contributed by atoms with E-state index in [-0.39, 0.29) is 36.4 Å². The Morgan fingerprint density at radius 2 is 2.20 bits per heavy atom. The number of hydrogen-bond donors (Lipinski definition) is 2. The van der Waals surface area contributed by atoms with Crippen LogP contribution in [-0.2, 0) is 14.8 Å². The first-order valence-corrected chi connectivity index (χ1v) is 7.98. The van der Waals surface area contributed by atoms with E-state index in [1.807, 2.05) is 0 Å². The van der Waals surface area contributed by atoms with Gasteiger partial charge < -0.3 is 15.6 Å². The number of rotatable bonds is 3. The summed E-state index contributed by atoms with van der Waals surface area (Å²) in [5.74, 6) is 0. The van der Waals surface area contributed by atoms with Crippen LogP contribution < -0.4 is 5.73 Å². The highest BCUT2D eigenvalue weighted by Gasteiger charge is 2.33. The monoisotopic (exact) mass is 320 g/mol. The third-order valence-electron chi connectivity index (χ3n) is 3.10. The molecule has 2 atom stereocenters. The van der Waals surface area contributed by atoms with E-state index in [9.17, 15) is 8.42 Å². The minimum Gasteiger partial charge on any atom is -0.397 e. The molecule has 1 heterocycles. The summed E-state index contributed by atoms with van der Waals surface area (Å²) in [7, 11) is -3.67. The van der Waals surface area contributed by atoms with Crippen LogP contribution in [0, 0.1) is 0 Å². The first-order chi connectivity index (χ1) is 9.34. The number of nitrogens with two attached hydrogens (primary N) is 1. The Hall–Kier alpha value is -0.860. The fourth-order valence-corrected chi connectivity index (χ4v) is 3.83. The second kappa shape index (κ2) is 5.87. The molecule has 3 N–H and O–H groups in total. The molecule has 2 rings (SSSR count). The fourth-order valence-electron chi connectivity index (χ4n) is 2.13. The molecule has 0 aliphatic carbocycles. The fraction of sp³-hybridized carbons (Fsp3) is 0.500. The van der Waals surface area contributed by atoms with Crippen molar-refractivity contribution in [2.45, 2.75) is 24.0 Å². The predicted molar refractivity (Wildman–Crippen MR) is 76.0 cm³/mol. The first kappa shape index (κ1) is 15.5. The second-order valence-corrected chi connectivity index (χ2v) is 7.10. The molecule has 1 aliphatic rings. The van der Waals surface area contributed by atoms with E-state index in [0.29, 0.717) is 5.02 Å². The number of morpholine rings is 1. The zero-order valence-corrected chi connectivity index (χ0v) is 12.6. The predicted octanol–water partition coefficient (Wildman–Crippen LogP) is 0.693. The summed E-state index contributed by atoms with van der Waals surface area (Å²) in [5.41, 5.74) is 5.86. The molecule has 0 saturated carbocycles. The van der Waals surface area contributed by atoms with Crippen LogP contribution in [0.1, 0.15) is 6.92 Å². The van der Waals surface area contributed by atoms with Gasteiger partial charge in [0, 0.05) is 13.1 Å². The normalized spacial score (nSPS) is 24.8. The number of aliphatic hydroxyl groups excluding tert-OH is 1. The van der Waals surface area contributed by atoms with Crippen molar-refractivity contribution in [1.82, 2.24) is 4.31 Å². The van der Waals surface area contributed by atoms with Crippen LogP contribution in [0.5, 0.6) is 0 Å². The Balaban J connectivity index is 2.31. The van der Waals surface area contributed by atoms with Crippen LogP contribution in [0.2, 0.25) is 5.02 Å². The summed E-state index contributed by atoms with van der Waals surface area (Å²) in [6.07, 6.45) is -0.793. The second-order valence-electron chi connectivity index (χ2n) is 4.76. The van der Waals surface area contributed by atoms with Crippen molar-refractivity contribution < 1.29 is 18.3 Å². The molecule has 0 radical (unpaired) electrons. The van der Waals surface area contributed by atoms with Gasteiger partial charge >= 0.3 is 0 Å². The summed E-state index contributed by atoms with van der Waals surface area (Å²) >= 11 is 5.80. The van der Waals surface area contributed by atoms with E-state index in [0.717, 1.165) is 0 Å². The Kier molecular flexibility index (Phi) is 4.55. The number of ether oxygens (including phenoxy) is 1. The topological polar surface area (TPSA) is 92.9 Å². The van der Waals surface area contributed by atoms with E-state index >= 15 is 0 Å². The number of anilines is 1. The van der Waals surface area contributed by atoms with Crippen molar-refractivity contribution in [3.8, 4) is 0 Å². The smallest absolute Gasteiger partial charge is 0.243 e. The average molecular weight is 321 g/mol. The largest absolute Gasteiger partial charge is 0.397 e. The molecule has 0 bridgehead atoms. The molecular formula is C12H17ClN2O4S. The lowest BCUT2D eigenvalue weighted by Gasteiger charge is -2.35. The maximum absolute atomic E-state index is 12.5. The Labute approximate surface area is 123 Å². The van der Waals surface area contributed by atoms with Gasteiger partial charge in [0.1, 0.15) is 0 Å². The number of hydrogen-bond acceptors (Lipinski definition) is 5. The van der Waals surface area contributed by atoms with Gasteiger partial charge in [0.05, 0.1) is 34.4 Å². The first-order valence-electron chi connectivity index (χ1n) is 6.16. The van der Waals surface area contributed by atoms with Crippen LogP contribution >= 0.6 is 11.6 Å². The van der Waals surface area contributed by atoms with Crippen LogP contribution in [0.3, 0.4) is 0 Å². The number of sulfonamides is 1. The van der Waals surface area contributed by atoms with Crippen molar-refractivity contribution in [1.29, 1.82) is 0 Å². The molecule has 0 amide bonds. The summed E-state index contributed by atoms with van der Waals surface area (Å²) < 4.78 is 31.8. The maximum atomic E-state index is 12.5. The van der Waals surface area contributed by atoms with Gasteiger partial charge in [-0.1, -0.05) is 11.6 Å². The van der Waals surface area contributed by atoms with E-state index in [2.05, 4.69) is 0 Å². The molecule has 8 heteroatoms. The molecular weight excluding hydrogens is 304 g/mol. The quantitative estimate of drug-likeness (QED) is 0.799. The van der Waals surface area contributed by atoms with Crippen molar-refractivity contribution in [2.24, 2.45) is 0 Å². The highest BCUT2D eigenvalue weighted by molar-refractivity contribution is 7.89. The van der Waals surface area contributed by atoms with Crippen molar-refractivity contribution in [3.05, 3.63) is 23.2 Å². The number of nitrogen functional groups attached to an aromatic ring is 1. The van der Waals surface area contributed by atoms with Crippen molar-refractivity contribution in [3.63, 3.8) is 0 Å². The molecule has 112 valence electrons. The lowest BCUT2D eigenvalue weighted by molar-refractivity contribution is -0.0750. The van der Waals surface area contributed by atoms with Crippen LogP contribution in [0.4, 0.5) is 5.69 Å². The molecule has 20 heavy (non-hydrogen) atoms. The number of nitrogens with zero attached hydrogens (tertiary/aromatic N) is 1. The van der Waals surface area contributed by atoms with Gasteiger partial charge in [0.25, 0.3) is 0 Å². The van der Waals surface area contributed by atoms with E-state index in [1.54, 1.807) is 6.92 Å². The van der Waals surface area contributed by atoms with Gasteiger partial charge in [-0.25, -0.2) is 8.42 Å². The SMILES string of the molecule is CC1CN(S(=O)(=O)c2ccc(Cl)c(N)c2)CC(CO)O1. The highest BCUT2D eigenvalue weighted by Crippen LogP contribution is 2.26. The van der Waals surface area contributed by atoms with E-state index in [1.165, 1.54) is 22.5 Å². The van der Waals surface area contributed by atoms with E-state index < -0.39 is 16.1 Å². The highest BCUT2D eigenvalue weighted by atomic mass is 35.5. The summed E-state index contributed by atoms with van der Waals surface area (Å²) in [6.45, 7) is 1.90. The average Bonchev–Trinajstić information content (AvgIpc) is 2.41. The summed E-state index contributed by atoms with van der Waals surface area (Å²) in [4.78, 5) is 0.0881. The Morgan fingerprint density at radius 1 is 1.50 bits per heavy atom. The van der Waals surface area contributed by atoms with Crippen molar-refractivity contribution in [2.75, 3.05) is 25.4 Å². The molecule has 1 aliphatic heterocycles. The van der Waals surface area contributed by atoms with Crippen LogP contribution in [0.15, 0.2) is 23.1 Å². The van der Waals surface area contributed by atoms with Crippen molar-refractivity contribution >= 4 is 27.3 Å². The summed E-state index contributed by atoms with van der Waals surface area (Å²) in [5, 5.41) is 9.47. The van der Waals surface area contributed by atoms with Gasteiger partial charge in [0.2, 0.25) is 10.0 Å². The molecule has 0 spiro atoms. The Morgan fingerprint density at radius 3 is 2.80 bits per heavy atom. The molecule has 6 nitrogen and oxygen atoms in total. The third-order valence-corrected chi connectivity index (χ3v) is 5.27. The lowest BCUT2D eigenvalue weighted by Crippen LogP contribution is -2.50. The molecule has 1 saturated heterocycles. The molecule has 1 aromatic rings. The lowest BCUT2D eigenvalue weighted by atomic mass is 10.2. The van der Waals surface area contributed by atoms with Gasteiger partial charge in [0.15, 0.2) is 0 Å². The van der Waals surface area contributed by atoms with Gasteiger partial charge in [-0.2, -0.15) is 4.31 Å². The standard InChI is InChI=1S/C12H17ClN2O4S/c1-8-5-15(6-9(7-16)19-8)20(17,18)10-2-3-11(13)12(14)4-10/h2-4,8-9,16H,5-7,14H2,1H3. The maximum Gasteiger partial charge on any atom is 0.243 e. The van der Waals surface area contributed by atoms with Crippen LogP contribution in [0.25, 0.3) is 0 Å². The third kappa shape index (κ3) is 3.07. The number of halogens is 1. The van der Waals surface area contributed by atoms with Gasteiger partial charge in [-0.3, -0.25) is 0 Å². The number of benzene rings is 1. The zero-order valence-electron chi connectivity index (χ0n) is 11.0. The van der Waals surface area contributed by atoms with Crippen LogP contribution in [-0.4, -0.2) is 49.7 Å². The zero-order chi connectivity index (χ0) is 14.9. The molecule has 2 unspecified atom stereocenters. The minimum atomic E-state index is -3.67. The minimum absolute atomic E-state index is 0.0881. The molecule has 1 fully saturated rings. The Bertz CT molecular complexity index is 593. The van der Waals surface area contributed by atoms with E-state index in [4.69, 9.17) is 27.2 Å². The molecule has 1 aromatic carbocycles. The number of aliphatic hydroxyl groups is 1. The van der Waals surface area contributed by atoms with Gasteiger partial charge in [-0.15, -0.1) is 0 Å².